The number of hydrogen-bond acceptors (Lipinski definition) is 12. The van der Waals surface area contributed by atoms with Crippen LogP contribution < -0.4 is 21.5 Å². The number of para-hydroxylation sites is 2. The van der Waals surface area contributed by atoms with Crippen LogP contribution in [0.1, 0.15) is 110 Å². The number of halogens is 2. The number of anilines is 2. The van der Waals surface area contributed by atoms with Crippen molar-refractivity contribution in [3.05, 3.63) is 240 Å². The standard InChI is InChI=1S/C33H34FN3O3.C26H24FNO3.C8H8O2.C7H14N2O2.C4H8O.CH4.H2O/c1-23(2)31-30(33(39)35-27-11-7-4-8-12-27)29(24-9-5-3-6-10-24)32(25-13-15-26(34)16-14-25)37(31)18-17-28(38)36-19-21-40-22-20-36;1-17(2)24(29)23(26(31)28-21-11-7-4-8-12-21)22(18-9-5-3-6-10-18)25(30)19-13-15-20(27)16-14-19;9-8(10)6-7-4-2-1-3-5-7;8-2-1-7(10)9-3-5-11-6-4-9;1-2-4-5-3-1;;/h3-16,23H,17-22H2,1-2H3,(H,35,39);3-17,22-23H,1-2H3,(H,28,31);1-5H,6H2,(H,9,10);1-6,8H2;1-4H2;1H4;1H2/p-1. The third kappa shape index (κ3) is 24.6. The zero-order chi connectivity index (χ0) is 69.5. The third-order valence-corrected chi connectivity index (χ3v) is 16.1. The topological polar surface area (TPSA) is 263 Å². The maximum Gasteiger partial charge on any atom is 0.258 e. The van der Waals surface area contributed by atoms with Gasteiger partial charge in [-0.25, -0.2) is 8.78 Å². The van der Waals surface area contributed by atoms with E-state index in [1.165, 1.54) is 49.2 Å². The lowest BCUT2D eigenvalue weighted by Gasteiger charge is -2.27. The summed E-state index contributed by atoms with van der Waals surface area (Å²) in [5.74, 6) is -5.87. The van der Waals surface area contributed by atoms with Crippen LogP contribution in [0.15, 0.2) is 200 Å². The average Bonchev–Trinajstić information content (AvgIpc) is 1.58. The molecule has 11 rings (SSSR count). The number of aliphatic carboxylic acids is 1. The minimum atomic E-state index is -1.24. The molecule has 2 unspecified atom stereocenters. The highest BCUT2D eigenvalue weighted by atomic mass is 19.1. The van der Waals surface area contributed by atoms with Gasteiger partial charge < -0.3 is 60.3 Å². The van der Waals surface area contributed by atoms with Crippen LogP contribution in [0.4, 0.5) is 20.2 Å². The van der Waals surface area contributed by atoms with Crippen molar-refractivity contribution in [2.24, 2.45) is 11.8 Å². The number of hydrogen-bond donors (Lipinski definition) is 3. The number of carboxylic acids is 1. The smallest absolute Gasteiger partial charge is 0.258 e. The zero-order valence-electron chi connectivity index (χ0n) is 56.1. The summed E-state index contributed by atoms with van der Waals surface area (Å²) < 4.78 is 45.0. The molecule has 4 amide bonds. The van der Waals surface area contributed by atoms with Crippen LogP contribution in [0.25, 0.3) is 22.4 Å². The molecule has 1 aromatic heterocycles. The molecule has 8 aromatic rings. The summed E-state index contributed by atoms with van der Waals surface area (Å²) in [5, 5.41) is 15.9. The lowest BCUT2D eigenvalue weighted by Crippen LogP contribution is -2.53. The van der Waals surface area contributed by atoms with Crippen LogP contribution >= 0.6 is 0 Å². The Morgan fingerprint density at radius 3 is 1.44 bits per heavy atom. The number of carbonyl (C=O) groups is 7. The Bertz CT molecular complexity index is 3750. The molecule has 3 aliphatic rings. The number of carboxylic acid groups (broad SMARTS) is 1. The highest BCUT2D eigenvalue weighted by molar-refractivity contribution is 6.15. The normalized spacial score (nSPS) is 13.6. The molecule has 4 heterocycles. The molecule has 0 aliphatic carbocycles. The molecule has 20 heteroatoms. The number of morpholine rings is 2. The van der Waals surface area contributed by atoms with Crippen LogP contribution in [0.5, 0.6) is 0 Å². The molecule has 3 saturated heterocycles. The van der Waals surface area contributed by atoms with Gasteiger partial charge in [0.1, 0.15) is 23.3 Å². The molecule has 0 bridgehead atoms. The van der Waals surface area contributed by atoms with E-state index in [0.717, 1.165) is 59.9 Å². The van der Waals surface area contributed by atoms with Crippen molar-refractivity contribution < 1.29 is 72.9 Å². The Morgan fingerprint density at radius 1 is 0.545 bits per heavy atom. The highest BCUT2D eigenvalue weighted by Crippen LogP contribution is 2.43. The largest absolute Gasteiger partial charge is 0.870 e. The SMILES string of the molecule is C.C1CCOC1.CC(C)C(=O)C(C(=O)Nc1ccccc1)C(C(=O)c1ccc(F)cc1)c1ccccc1.CC(C)c1c(C(=O)Nc2ccccc2)c(-c2ccccc2)c(-c2ccc(F)cc2)n1CCC(=O)N1CCOCC1.O=C([O-])Cc1ccccc1.[NH3+]CCC(=O)N1CCOCC1.[OH-]. The predicted molar refractivity (Wildman–Crippen MR) is 378 cm³/mol. The first kappa shape index (κ1) is 79.9. The number of ketones is 2. The van der Waals surface area contributed by atoms with Crippen LogP contribution in [0.2, 0.25) is 0 Å². The minimum Gasteiger partial charge on any atom is -0.870 e. The molecule has 526 valence electrons. The van der Waals surface area contributed by atoms with E-state index in [1.807, 2.05) is 82.6 Å². The molecular formula is C79H93F2N6O12-. The fraction of sp³-hybridized carbons (Fsp3) is 0.329. The molecule has 0 saturated carbocycles. The number of ether oxygens (including phenoxy) is 3. The second kappa shape index (κ2) is 42.1. The first-order chi connectivity index (χ1) is 46.9. The van der Waals surface area contributed by atoms with Gasteiger partial charge in [-0.15, -0.1) is 0 Å². The van der Waals surface area contributed by atoms with Gasteiger partial charge in [0, 0.05) is 98.9 Å². The predicted octanol–water partition coefficient (Wildman–Crippen LogP) is 11.6. The Labute approximate surface area is 579 Å². The molecule has 3 fully saturated rings. The second-order valence-corrected chi connectivity index (χ2v) is 23.8. The number of amides is 4. The van der Waals surface area contributed by atoms with E-state index in [0.29, 0.717) is 81.5 Å². The van der Waals surface area contributed by atoms with Gasteiger partial charge in [0.25, 0.3) is 5.91 Å². The van der Waals surface area contributed by atoms with Crippen LogP contribution in [-0.4, -0.2) is 133 Å². The van der Waals surface area contributed by atoms with Gasteiger partial charge in [-0.05, 0) is 114 Å². The van der Waals surface area contributed by atoms with Gasteiger partial charge in [0.15, 0.2) is 5.78 Å². The minimum absolute atomic E-state index is 0. The summed E-state index contributed by atoms with van der Waals surface area (Å²) in [7, 11) is 0. The maximum atomic E-state index is 14.1. The molecule has 7 aromatic carbocycles. The molecule has 0 radical (unpaired) electrons. The van der Waals surface area contributed by atoms with Gasteiger partial charge >= 0.3 is 0 Å². The van der Waals surface area contributed by atoms with Crippen molar-refractivity contribution in [2.75, 3.05) is 83.0 Å². The summed E-state index contributed by atoms with van der Waals surface area (Å²) in [6.07, 6.45) is 3.40. The number of nitrogens with one attached hydrogen (secondary N) is 2. The Morgan fingerprint density at radius 2 is 0.990 bits per heavy atom. The Kier molecular flexibility index (Phi) is 33.9. The van der Waals surface area contributed by atoms with Gasteiger partial charge in [-0.3, -0.25) is 28.8 Å². The molecule has 6 N–H and O–H groups in total. The van der Waals surface area contributed by atoms with Gasteiger partial charge in [-0.1, -0.05) is 163 Å². The summed E-state index contributed by atoms with van der Waals surface area (Å²) in [6.45, 7) is 15.7. The van der Waals surface area contributed by atoms with Crippen molar-refractivity contribution in [2.45, 2.75) is 85.6 Å². The number of aromatic nitrogens is 1. The summed E-state index contributed by atoms with van der Waals surface area (Å²) in [5.41, 5.74) is 11.1. The Balaban J connectivity index is 0.000000261. The summed E-state index contributed by atoms with van der Waals surface area (Å²) in [6, 6.07) is 57.1. The van der Waals surface area contributed by atoms with Crippen molar-refractivity contribution >= 4 is 52.5 Å². The van der Waals surface area contributed by atoms with Gasteiger partial charge in [0.2, 0.25) is 17.7 Å². The fourth-order valence-electron chi connectivity index (χ4n) is 11.3. The van der Waals surface area contributed by atoms with Crippen LogP contribution in [0.3, 0.4) is 0 Å². The van der Waals surface area contributed by atoms with Crippen LogP contribution in [-0.2, 0) is 51.1 Å². The molecule has 2 atom stereocenters. The fourth-order valence-corrected chi connectivity index (χ4v) is 11.3. The first-order valence-electron chi connectivity index (χ1n) is 33.0. The van der Waals surface area contributed by atoms with Gasteiger partial charge in [0.05, 0.1) is 56.6 Å². The quantitative estimate of drug-likeness (QED) is 0.0475. The molecule has 99 heavy (non-hydrogen) atoms. The summed E-state index contributed by atoms with van der Waals surface area (Å²) in [4.78, 5) is 92.3. The second-order valence-electron chi connectivity index (χ2n) is 23.8. The molecular weight excluding hydrogens is 1260 g/mol. The summed E-state index contributed by atoms with van der Waals surface area (Å²) >= 11 is 0. The van der Waals surface area contributed by atoms with Crippen molar-refractivity contribution in [1.82, 2.24) is 14.4 Å². The lowest BCUT2D eigenvalue weighted by atomic mass is 9.75. The maximum absolute atomic E-state index is 14.1. The molecule has 3 aliphatic heterocycles. The number of rotatable bonds is 20. The average molecular weight is 1360 g/mol. The van der Waals surface area contributed by atoms with E-state index in [2.05, 4.69) is 34.8 Å². The number of nitrogens with zero attached hydrogens (tertiary/aromatic N) is 3. The highest BCUT2D eigenvalue weighted by Gasteiger charge is 2.41. The van der Waals surface area contributed by atoms with E-state index in [1.54, 1.807) is 105 Å². The van der Waals surface area contributed by atoms with E-state index in [9.17, 15) is 47.4 Å². The Hall–Kier alpha value is -9.83. The van der Waals surface area contributed by atoms with E-state index < -0.39 is 41.2 Å². The third-order valence-electron chi connectivity index (χ3n) is 16.1. The van der Waals surface area contributed by atoms with Crippen molar-refractivity contribution in [3.63, 3.8) is 0 Å². The van der Waals surface area contributed by atoms with Gasteiger partial charge in [-0.2, -0.15) is 0 Å². The monoisotopic (exact) mass is 1360 g/mol. The van der Waals surface area contributed by atoms with Crippen LogP contribution in [0, 0.1) is 23.5 Å². The van der Waals surface area contributed by atoms with E-state index in [-0.39, 0.29) is 66.5 Å². The number of carbonyl (C=O) groups excluding carboxylic acids is 7. The number of Topliss-reactive ketones (excluding diaryl/α,β-unsaturated/α-hetero) is 2. The van der Waals surface area contributed by atoms with E-state index in [4.69, 9.17) is 14.2 Å². The molecule has 0 spiro atoms. The van der Waals surface area contributed by atoms with Crippen molar-refractivity contribution in [3.8, 4) is 22.4 Å². The number of benzene rings is 7. The lowest BCUT2D eigenvalue weighted by molar-refractivity contribution is -0.366. The number of quaternary nitrogens is 1. The van der Waals surface area contributed by atoms with E-state index >= 15 is 0 Å². The zero-order valence-corrected chi connectivity index (χ0v) is 56.1. The van der Waals surface area contributed by atoms with Crippen molar-refractivity contribution in [1.29, 1.82) is 0 Å². The first-order valence-corrected chi connectivity index (χ1v) is 33.0. The molecule has 18 nitrogen and oxygen atoms in total.